The number of benzene rings is 1. The highest BCUT2D eigenvalue weighted by atomic mass is 35.5. The first-order chi connectivity index (χ1) is 13.7. The average Bonchev–Trinajstić information content (AvgIpc) is 3.20. The maximum absolute atomic E-state index is 12.6. The summed E-state index contributed by atoms with van der Waals surface area (Å²) in [5.74, 6) is -0.407. The number of hydrogen-bond donors (Lipinski definition) is 2. The summed E-state index contributed by atoms with van der Waals surface area (Å²) in [6.07, 6.45) is 0.195. The first-order valence-electron chi connectivity index (χ1n) is 9.07. The van der Waals surface area contributed by atoms with Gasteiger partial charge in [0.25, 0.3) is 0 Å². The highest BCUT2D eigenvalue weighted by Crippen LogP contribution is 2.26. The molecule has 0 aliphatic rings. The number of aromatic nitrogens is 3. The van der Waals surface area contributed by atoms with Gasteiger partial charge in [-0.15, -0.1) is 11.3 Å². The molecule has 1 atom stereocenters. The van der Waals surface area contributed by atoms with Crippen LogP contribution in [0.2, 0.25) is 5.02 Å². The van der Waals surface area contributed by atoms with Crippen LogP contribution in [0, 0.1) is 20.8 Å². The molecule has 0 spiro atoms. The van der Waals surface area contributed by atoms with Gasteiger partial charge in [-0.05, 0) is 52.0 Å². The molecule has 1 aromatic carbocycles. The summed E-state index contributed by atoms with van der Waals surface area (Å²) in [7, 11) is 0. The fraction of sp³-hybridized carbons (Fsp3) is 0.300. The second-order valence-electron chi connectivity index (χ2n) is 6.81. The lowest BCUT2D eigenvalue weighted by Crippen LogP contribution is -2.25. The van der Waals surface area contributed by atoms with E-state index in [9.17, 15) is 9.59 Å². The molecule has 0 radical (unpaired) electrons. The van der Waals surface area contributed by atoms with Gasteiger partial charge in [0.05, 0.1) is 33.5 Å². The van der Waals surface area contributed by atoms with Gasteiger partial charge in [0.1, 0.15) is 6.04 Å². The second kappa shape index (κ2) is 8.75. The molecule has 2 aromatic heterocycles. The molecule has 29 heavy (non-hydrogen) atoms. The molecule has 2 N–H and O–H groups in total. The number of nitrogens with zero attached hydrogens (tertiary/aromatic N) is 3. The quantitative estimate of drug-likeness (QED) is 0.609. The zero-order valence-electron chi connectivity index (χ0n) is 16.6. The molecule has 9 heteroatoms. The summed E-state index contributed by atoms with van der Waals surface area (Å²) in [6, 6.07) is 6.40. The summed E-state index contributed by atoms with van der Waals surface area (Å²) in [4.78, 5) is 29.0. The fourth-order valence-corrected chi connectivity index (χ4v) is 3.78. The lowest BCUT2D eigenvalue weighted by atomic mass is 10.2. The number of nitrogens with one attached hydrogen (secondary N) is 2. The fourth-order valence-electron chi connectivity index (χ4n) is 2.94. The van der Waals surface area contributed by atoms with Crippen LogP contribution in [0.25, 0.3) is 0 Å². The number of anilines is 2. The van der Waals surface area contributed by atoms with E-state index in [-0.39, 0.29) is 18.2 Å². The zero-order valence-corrected chi connectivity index (χ0v) is 18.2. The number of amides is 2. The van der Waals surface area contributed by atoms with Crippen molar-refractivity contribution in [1.29, 1.82) is 0 Å². The van der Waals surface area contributed by atoms with E-state index in [0.717, 1.165) is 22.1 Å². The molecular formula is C20H22ClN5O2S. The lowest BCUT2D eigenvalue weighted by molar-refractivity contribution is -0.119. The maximum Gasteiger partial charge on any atom is 0.248 e. The van der Waals surface area contributed by atoms with Crippen molar-refractivity contribution in [2.45, 2.75) is 40.2 Å². The van der Waals surface area contributed by atoms with E-state index in [2.05, 4.69) is 20.7 Å². The molecule has 0 saturated heterocycles. The Balaban J connectivity index is 1.63. The molecule has 0 fully saturated rings. The van der Waals surface area contributed by atoms with E-state index in [1.54, 1.807) is 29.8 Å². The van der Waals surface area contributed by atoms with Gasteiger partial charge < -0.3 is 10.6 Å². The molecule has 2 amide bonds. The van der Waals surface area contributed by atoms with Crippen LogP contribution in [0.15, 0.2) is 29.6 Å². The van der Waals surface area contributed by atoms with Crippen LogP contribution in [-0.2, 0) is 16.0 Å². The van der Waals surface area contributed by atoms with E-state index in [1.807, 2.05) is 32.2 Å². The Morgan fingerprint density at radius 3 is 2.55 bits per heavy atom. The van der Waals surface area contributed by atoms with Crippen molar-refractivity contribution in [3.8, 4) is 0 Å². The zero-order chi connectivity index (χ0) is 21.1. The first-order valence-corrected chi connectivity index (χ1v) is 10.3. The third-order valence-electron chi connectivity index (χ3n) is 4.31. The highest BCUT2D eigenvalue weighted by molar-refractivity contribution is 7.09. The van der Waals surface area contributed by atoms with Crippen LogP contribution in [-0.4, -0.2) is 26.6 Å². The third-order valence-corrected chi connectivity index (χ3v) is 5.44. The minimum atomic E-state index is -0.485. The molecule has 2 heterocycles. The van der Waals surface area contributed by atoms with Crippen LogP contribution in [0.3, 0.4) is 0 Å². The Morgan fingerprint density at radius 2 is 1.97 bits per heavy atom. The van der Waals surface area contributed by atoms with Gasteiger partial charge in [-0.3, -0.25) is 14.3 Å². The number of carbonyl (C=O) groups is 2. The standard InChI is InChI=1S/C20H22ClN5O2S/c1-11-7-12(2)26(25-11)13(3)20(28)24-18-6-5-15(8-17(18)21)23-19(27)9-16-10-29-14(4)22-16/h5-8,10,13H,9H2,1-4H3,(H,23,27)(H,24,28). The van der Waals surface area contributed by atoms with Gasteiger partial charge in [-0.25, -0.2) is 4.98 Å². The van der Waals surface area contributed by atoms with E-state index < -0.39 is 6.04 Å². The molecule has 0 aliphatic heterocycles. The minimum Gasteiger partial charge on any atom is -0.326 e. The smallest absolute Gasteiger partial charge is 0.248 e. The average molecular weight is 432 g/mol. The van der Waals surface area contributed by atoms with Gasteiger partial charge in [0, 0.05) is 16.8 Å². The lowest BCUT2D eigenvalue weighted by Gasteiger charge is -2.16. The molecule has 1 unspecified atom stereocenters. The van der Waals surface area contributed by atoms with E-state index in [1.165, 1.54) is 11.3 Å². The summed E-state index contributed by atoms with van der Waals surface area (Å²) in [6.45, 7) is 7.46. The van der Waals surface area contributed by atoms with Crippen LogP contribution in [0.4, 0.5) is 11.4 Å². The van der Waals surface area contributed by atoms with Crippen LogP contribution < -0.4 is 10.6 Å². The summed E-state index contributed by atoms with van der Waals surface area (Å²) < 4.78 is 1.67. The number of hydrogen-bond acceptors (Lipinski definition) is 5. The summed E-state index contributed by atoms with van der Waals surface area (Å²) in [5.41, 5.74) is 3.52. The topological polar surface area (TPSA) is 88.9 Å². The Morgan fingerprint density at radius 1 is 1.21 bits per heavy atom. The first kappa shape index (κ1) is 21.0. The van der Waals surface area contributed by atoms with Crippen molar-refractivity contribution in [3.63, 3.8) is 0 Å². The molecular weight excluding hydrogens is 410 g/mol. The number of thiazole rings is 1. The van der Waals surface area contributed by atoms with Gasteiger partial charge in [-0.2, -0.15) is 5.10 Å². The molecule has 7 nitrogen and oxygen atoms in total. The minimum absolute atomic E-state index is 0.179. The van der Waals surface area contributed by atoms with E-state index in [4.69, 9.17) is 11.6 Å². The van der Waals surface area contributed by atoms with E-state index >= 15 is 0 Å². The molecule has 0 saturated carbocycles. The van der Waals surface area contributed by atoms with Crippen LogP contribution >= 0.6 is 22.9 Å². The van der Waals surface area contributed by atoms with Crippen LogP contribution in [0.1, 0.15) is 35.1 Å². The number of aryl methyl sites for hydroxylation is 3. The maximum atomic E-state index is 12.6. The molecule has 3 rings (SSSR count). The van der Waals surface area contributed by atoms with Crippen LogP contribution in [0.5, 0.6) is 0 Å². The van der Waals surface area contributed by atoms with E-state index in [0.29, 0.717) is 16.4 Å². The molecule has 152 valence electrons. The summed E-state index contributed by atoms with van der Waals surface area (Å²) in [5, 5.41) is 13.1. The SMILES string of the molecule is Cc1cc(C)n(C(C)C(=O)Nc2ccc(NC(=O)Cc3csc(C)n3)cc2Cl)n1. The normalized spacial score (nSPS) is 11.9. The molecule has 0 aliphatic carbocycles. The Labute approximate surface area is 178 Å². The van der Waals surface area contributed by atoms with Crippen molar-refractivity contribution in [3.05, 3.63) is 56.8 Å². The van der Waals surface area contributed by atoms with Gasteiger partial charge in [-0.1, -0.05) is 11.6 Å². The highest BCUT2D eigenvalue weighted by Gasteiger charge is 2.19. The number of carbonyl (C=O) groups excluding carboxylic acids is 2. The van der Waals surface area contributed by atoms with Crippen molar-refractivity contribution >= 4 is 46.1 Å². The summed E-state index contributed by atoms with van der Waals surface area (Å²) >= 11 is 7.81. The molecule has 0 bridgehead atoms. The van der Waals surface area contributed by atoms with Gasteiger partial charge in [0.2, 0.25) is 11.8 Å². The van der Waals surface area contributed by atoms with Crippen molar-refractivity contribution in [2.75, 3.05) is 10.6 Å². The predicted molar refractivity (Wildman–Crippen MR) is 116 cm³/mol. The Bertz CT molecular complexity index is 1060. The third kappa shape index (κ3) is 5.21. The van der Waals surface area contributed by atoms with Crippen molar-refractivity contribution < 1.29 is 9.59 Å². The number of rotatable bonds is 6. The van der Waals surface area contributed by atoms with Gasteiger partial charge >= 0.3 is 0 Å². The monoisotopic (exact) mass is 431 g/mol. The van der Waals surface area contributed by atoms with Crippen molar-refractivity contribution in [1.82, 2.24) is 14.8 Å². The number of halogens is 1. The second-order valence-corrected chi connectivity index (χ2v) is 8.28. The Kier molecular flexibility index (Phi) is 6.34. The van der Waals surface area contributed by atoms with Gasteiger partial charge in [0.15, 0.2) is 0 Å². The Hall–Kier alpha value is -2.71. The largest absolute Gasteiger partial charge is 0.326 e. The van der Waals surface area contributed by atoms with Crippen molar-refractivity contribution in [2.24, 2.45) is 0 Å². The molecule has 3 aromatic rings. The predicted octanol–water partition coefficient (Wildman–Crippen LogP) is 4.30.